The number of hydrogen-bond donors (Lipinski definition) is 1. The Bertz CT molecular complexity index is 444. The van der Waals surface area contributed by atoms with Crippen molar-refractivity contribution in [2.24, 2.45) is 0 Å². The van der Waals surface area contributed by atoms with Gasteiger partial charge < -0.3 is 14.6 Å². The number of imidazole rings is 1. The molecule has 1 saturated carbocycles. The van der Waals surface area contributed by atoms with Gasteiger partial charge in [0.1, 0.15) is 5.60 Å². The van der Waals surface area contributed by atoms with Crippen LogP contribution in [0.1, 0.15) is 64.7 Å². The summed E-state index contributed by atoms with van der Waals surface area (Å²) >= 11 is 0. The average molecular weight is 265 g/mol. The van der Waals surface area contributed by atoms with Gasteiger partial charge in [0, 0.05) is 6.04 Å². The minimum Gasteiger partial charge on any atom is -0.444 e. The number of rotatable bonds is 3. The molecule has 1 aromatic heterocycles. The van der Waals surface area contributed by atoms with Crippen molar-refractivity contribution in [2.75, 3.05) is 0 Å². The van der Waals surface area contributed by atoms with Gasteiger partial charge in [0.25, 0.3) is 0 Å². The molecule has 1 amide bonds. The van der Waals surface area contributed by atoms with Crippen molar-refractivity contribution in [1.29, 1.82) is 0 Å². The van der Waals surface area contributed by atoms with Gasteiger partial charge in [0.15, 0.2) is 0 Å². The molecular formula is C14H23N3O2. The molecule has 0 spiro atoms. The SMILES string of the molecule is C[C@H](NC(=O)OC(C)(C)C)c1cncn1C1CCC1. The molecule has 1 aliphatic carbocycles. The Morgan fingerprint density at radius 2 is 2.21 bits per heavy atom. The van der Waals surface area contributed by atoms with Crippen LogP contribution in [0.25, 0.3) is 0 Å². The Morgan fingerprint density at radius 3 is 2.74 bits per heavy atom. The molecule has 2 rings (SSSR count). The standard InChI is InChI=1S/C14H23N3O2/c1-10(16-13(18)19-14(2,3)4)12-8-15-9-17(12)11-6-5-7-11/h8-11H,5-7H2,1-4H3,(H,16,18)/t10-/m0/s1. The van der Waals surface area contributed by atoms with Gasteiger partial charge in [0.05, 0.1) is 24.3 Å². The monoisotopic (exact) mass is 265 g/mol. The molecule has 1 heterocycles. The molecule has 5 heteroatoms. The van der Waals surface area contributed by atoms with Crippen LogP contribution in [0.3, 0.4) is 0 Å². The third kappa shape index (κ3) is 3.49. The van der Waals surface area contributed by atoms with Crippen LogP contribution >= 0.6 is 0 Å². The highest BCUT2D eigenvalue weighted by atomic mass is 16.6. The first-order chi connectivity index (χ1) is 8.87. The minimum absolute atomic E-state index is 0.0991. The van der Waals surface area contributed by atoms with E-state index in [1.54, 1.807) is 0 Å². The zero-order valence-corrected chi connectivity index (χ0v) is 12.1. The lowest BCUT2D eigenvalue weighted by Crippen LogP contribution is -2.35. The first-order valence-electron chi connectivity index (χ1n) is 6.88. The zero-order chi connectivity index (χ0) is 14.0. The number of hydrogen-bond acceptors (Lipinski definition) is 3. The van der Waals surface area contributed by atoms with Crippen LogP contribution < -0.4 is 5.32 Å². The van der Waals surface area contributed by atoms with Gasteiger partial charge in [-0.2, -0.15) is 0 Å². The summed E-state index contributed by atoms with van der Waals surface area (Å²) in [5, 5.41) is 2.86. The molecule has 1 fully saturated rings. The molecule has 1 aromatic rings. The second-order valence-corrected chi connectivity index (χ2v) is 6.18. The van der Waals surface area contributed by atoms with Gasteiger partial charge in [-0.15, -0.1) is 0 Å². The minimum atomic E-state index is -0.474. The van der Waals surface area contributed by atoms with Crippen LogP contribution in [-0.4, -0.2) is 21.2 Å². The van der Waals surface area contributed by atoms with E-state index in [-0.39, 0.29) is 12.1 Å². The zero-order valence-electron chi connectivity index (χ0n) is 12.1. The van der Waals surface area contributed by atoms with E-state index < -0.39 is 5.60 Å². The van der Waals surface area contributed by atoms with Crippen molar-refractivity contribution < 1.29 is 9.53 Å². The summed E-state index contributed by atoms with van der Waals surface area (Å²) in [6.07, 6.45) is 6.95. The number of aromatic nitrogens is 2. The quantitative estimate of drug-likeness (QED) is 0.913. The number of alkyl carbamates (subject to hydrolysis) is 1. The van der Waals surface area contributed by atoms with Gasteiger partial charge >= 0.3 is 6.09 Å². The third-order valence-corrected chi connectivity index (χ3v) is 3.34. The summed E-state index contributed by atoms with van der Waals surface area (Å²) in [4.78, 5) is 16.0. The van der Waals surface area contributed by atoms with Crippen LogP contribution in [0.15, 0.2) is 12.5 Å². The molecule has 0 bridgehead atoms. The Balaban J connectivity index is 1.98. The van der Waals surface area contributed by atoms with Gasteiger partial charge in [-0.3, -0.25) is 0 Å². The summed E-state index contributed by atoms with van der Waals surface area (Å²) < 4.78 is 7.44. The predicted octanol–water partition coefficient (Wildman–Crippen LogP) is 3.19. The summed E-state index contributed by atoms with van der Waals surface area (Å²) in [5.74, 6) is 0. The Morgan fingerprint density at radius 1 is 1.53 bits per heavy atom. The van der Waals surface area contributed by atoms with E-state index in [1.165, 1.54) is 19.3 Å². The molecule has 5 nitrogen and oxygen atoms in total. The van der Waals surface area contributed by atoms with Crippen molar-refractivity contribution in [3.05, 3.63) is 18.2 Å². The first-order valence-corrected chi connectivity index (χ1v) is 6.88. The lowest BCUT2D eigenvalue weighted by Gasteiger charge is -2.30. The van der Waals surface area contributed by atoms with Crippen LogP contribution in [-0.2, 0) is 4.74 Å². The van der Waals surface area contributed by atoms with E-state index in [0.29, 0.717) is 6.04 Å². The lowest BCUT2D eigenvalue weighted by molar-refractivity contribution is 0.0505. The van der Waals surface area contributed by atoms with E-state index in [1.807, 2.05) is 40.2 Å². The molecule has 0 aromatic carbocycles. The summed E-state index contributed by atoms with van der Waals surface area (Å²) in [6, 6.07) is 0.443. The molecular weight excluding hydrogens is 242 g/mol. The lowest BCUT2D eigenvalue weighted by atomic mass is 9.92. The molecule has 1 atom stereocenters. The van der Waals surface area contributed by atoms with Crippen LogP contribution in [0.2, 0.25) is 0 Å². The molecule has 19 heavy (non-hydrogen) atoms. The molecule has 106 valence electrons. The number of carbonyl (C=O) groups excluding carboxylic acids is 1. The number of amides is 1. The second kappa shape index (κ2) is 5.23. The van der Waals surface area contributed by atoms with E-state index in [9.17, 15) is 4.79 Å². The molecule has 1 N–H and O–H groups in total. The number of nitrogens with one attached hydrogen (secondary N) is 1. The highest BCUT2D eigenvalue weighted by Gasteiger charge is 2.25. The van der Waals surface area contributed by atoms with E-state index in [4.69, 9.17) is 4.74 Å². The van der Waals surface area contributed by atoms with Crippen LogP contribution in [0.4, 0.5) is 4.79 Å². The predicted molar refractivity (Wildman–Crippen MR) is 72.9 cm³/mol. The Kier molecular flexibility index (Phi) is 3.83. The van der Waals surface area contributed by atoms with Crippen LogP contribution in [0, 0.1) is 0 Å². The van der Waals surface area contributed by atoms with E-state index in [0.717, 1.165) is 5.69 Å². The molecule has 0 saturated heterocycles. The van der Waals surface area contributed by atoms with Crippen molar-refractivity contribution in [2.45, 2.75) is 64.6 Å². The van der Waals surface area contributed by atoms with Gasteiger partial charge in [-0.1, -0.05) is 0 Å². The molecule has 1 aliphatic rings. The van der Waals surface area contributed by atoms with Crippen molar-refractivity contribution in [3.8, 4) is 0 Å². The van der Waals surface area contributed by atoms with Crippen LogP contribution in [0.5, 0.6) is 0 Å². The molecule has 0 unspecified atom stereocenters. The summed E-state index contributed by atoms with van der Waals surface area (Å²) in [5.41, 5.74) is 0.563. The van der Waals surface area contributed by atoms with Gasteiger partial charge in [0.2, 0.25) is 0 Å². The number of nitrogens with zero attached hydrogens (tertiary/aromatic N) is 2. The van der Waals surface area contributed by atoms with Crippen molar-refractivity contribution >= 4 is 6.09 Å². The maximum atomic E-state index is 11.8. The van der Waals surface area contributed by atoms with E-state index in [2.05, 4.69) is 14.9 Å². The third-order valence-electron chi connectivity index (χ3n) is 3.34. The number of ether oxygens (including phenoxy) is 1. The highest BCUT2D eigenvalue weighted by molar-refractivity contribution is 5.68. The maximum absolute atomic E-state index is 11.8. The van der Waals surface area contributed by atoms with Gasteiger partial charge in [-0.25, -0.2) is 9.78 Å². The molecule has 0 aliphatic heterocycles. The Labute approximate surface area is 114 Å². The van der Waals surface area contributed by atoms with E-state index >= 15 is 0 Å². The first kappa shape index (κ1) is 13.9. The maximum Gasteiger partial charge on any atom is 0.408 e. The fraction of sp³-hybridized carbons (Fsp3) is 0.714. The van der Waals surface area contributed by atoms with Gasteiger partial charge in [-0.05, 0) is 47.0 Å². The normalized spacial score (nSPS) is 17.7. The largest absolute Gasteiger partial charge is 0.444 e. The topological polar surface area (TPSA) is 56.1 Å². The highest BCUT2D eigenvalue weighted by Crippen LogP contribution is 2.33. The number of carbonyl (C=O) groups is 1. The smallest absolute Gasteiger partial charge is 0.408 e. The fourth-order valence-corrected chi connectivity index (χ4v) is 2.18. The summed E-state index contributed by atoms with van der Waals surface area (Å²) in [7, 11) is 0. The average Bonchev–Trinajstić information content (AvgIpc) is 2.60. The summed E-state index contributed by atoms with van der Waals surface area (Å²) in [6.45, 7) is 7.53. The molecule has 0 radical (unpaired) electrons. The van der Waals surface area contributed by atoms with Crippen molar-refractivity contribution in [3.63, 3.8) is 0 Å². The Hall–Kier alpha value is -1.52. The van der Waals surface area contributed by atoms with Crippen molar-refractivity contribution in [1.82, 2.24) is 14.9 Å². The fourth-order valence-electron chi connectivity index (χ4n) is 2.18. The second-order valence-electron chi connectivity index (χ2n) is 6.18.